The van der Waals surface area contributed by atoms with Gasteiger partial charge in [0.25, 0.3) is 5.91 Å². The summed E-state index contributed by atoms with van der Waals surface area (Å²) in [6.45, 7) is 2.20. The number of carbonyl (C=O) groups excluding carboxylic acids is 1. The molecular formula is C16H16Cl3N3O. The van der Waals surface area contributed by atoms with Crippen LogP contribution in [0.1, 0.15) is 34.5 Å². The Labute approximate surface area is 149 Å². The van der Waals surface area contributed by atoms with E-state index in [0.717, 1.165) is 24.1 Å². The maximum absolute atomic E-state index is 12.9. The maximum Gasteiger partial charge on any atom is 0.257 e. The Morgan fingerprint density at radius 3 is 2.39 bits per heavy atom. The molecule has 0 spiro atoms. The minimum absolute atomic E-state index is 0.0415. The minimum Gasteiger partial charge on any atom is -0.331 e. The lowest BCUT2D eigenvalue weighted by atomic mass is 10.1. The van der Waals surface area contributed by atoms with Gasteiger partial charge in [-0.15, -0.1) is 0 Å². The maximum atomic E-state index is 12.9. The molecule has 2 aromatic rings. The lowest BCUT2D eigenvalue weighted by molar-refractivity contribution is 0.0729. The smallest absolute Gasteiger partial charge is 0.257 e. The lowest BCUT2D eigenvalue weighted by Gasteiger charge is -2.23. The predicted octanol–water partition coefficient (Wildman–Crippen LogP) is 4.49. The number of benzene rings is 1. The Kier molecular flexibility index (Phi) is 4.59. The van der Waals surface area contributed by atoms with Crippen molar-refractivity contribution in [3.05, 3.63) is 50.2 Å². The first-order chi connectivity index (χ1) is 10.9. The SMILES string of the molecule is Cc1nn(C)cc1C(=O)N(Cc1c(Cl)cc(Cl)cc1Cl)C1CC1. The van der Waals surface area contributed by atoms with Crippen molar-refractivity contribution >= 4 is 40.7 Å². The molecule has 0 N–H and O–H groups in total. The monoisotopic (exact) mass is 371 g/mol. The van der Waals surface area contributed by atoms with Crippen LogP contribution in [-0.4, -0.2) is 26.6 Å². The summed E-state index contributed by atoms with van der Waals surface area (Å²) in [5.74, 6) is -0.0415. The Bertz CT molecular complexity index is 745. The second kappa shape index (κ2) is 6.34. The first-order valence-corrected chi connectivity index (χ1v) is 8.45. The van der Waals surface area contributed by atoms with Crippen LogP contribution in [0.2, 0.25) is 15.1 Å². The average Bonchev–Trinajstić information content (AvgIpc) is 3.22. The topological polar surface area (TPSA) is 38.1 Å². The van der Waals surface area contributed by atoms with Crippen molar-refractivity contribution in [3.8, 4) is 0 Å². The zero-order valence-electron chi connectivity index (χ0n) is 12.8. The van der Waals surface area contributed by atoms with Gasteiger partial charge in [-0.2, -0.15) is 5.10 Å². The third kappa shape index (κ3) is 3.49. The Morgan fingerprint density at radius 2 is 1.91 bits per heavy atom. The fourth-order valence-electron chi connectivity index (χ4n) is 2.61. The van der Waals surface area contributed by atoms with Crippen molar-refractivity contribution in [2.45, 2.75) is 32.4 Å². The second-order valence-corrected chi connectivity index (χ2v) is 7.06. The van der Waals surface area contributed by atoms with Gasteiger partial charge >= 0.3 is 0 Å². The molecule has 0 saturated heterocycles. The summed E-state index contributed by atoms with van der Waals surface area (Å²) in [5.41, 5.74) is 2.05. The number of nitrogens with zero attached hydrogens (tertiary/aromatic N) is 3. The first kappa shape index (κ1) is 16.6. The number of halogens is 3. The highest BCUT2D eigenvalue weighted by Crippen LogP contribution is 2.35. The van der Waals surface area contributed by atoms with E-state index in [0.29, 0.717) is 27.2 Å². The van der Waals surface area contributed by atoms with E-state index in [-0.39, 0.29) is 11.9 Å². The molecule has 1 heterocycles. The third-order valence-electron chi connectivity index (χ3n) is 3.93. The van der Waals surface area contributed by atoms with Gasteiger partial charge in [0.2, 0.25) is 0 Å². The Hall–Kier alpha value is -1.23. The van der Waals surface area contributed by atoms with Gasteiger partial charge in [-0.25, -0.2) is 0 Å². The van der Waals surface area contributed by atoms with E-state index in [1.807, 2.05) is 11.8 Å². The number of carbonyl (C=O) groups is 1. The van der Waals surface area contributed by atoms with E-state index in [4.69, 9.17) is 34.8 Å². The van der Waals surface area contributed by atoms with Gasteiger partial charge in [0, 0.05) is 46.5 Å². The molecule has 122 valence electrons. The number of hydrogen-bond acceptors (Lipinski definition) is 2. The third-order valence-corrected chi connectivity index (χ3v) is 4.82. The van der Waals surface area contributed by atoms with Gasteiger partial charge in [0.15, 0.2) is 0 Å². The van der Waals surface area contributed by atoms with Crippen molar-refractivity contribution in [3.63, 3.8) is 0 Å². The molecule has 1 saturated carbocycles. The number of amides is 1. The van der Waals surface area contributed by atoms with Crippen LogP contribution >= 0.6 is 34.8 Å². The molecule has 1 amide bonds. The Balaban J connectivity index is 1.92. The number of rotatable bonds is 4. The molecule has 7 heteroatoms. The van der Waals surface area contributed by atoms with Crippen LogP contribution in [0, 0.1) is 6.92 Å². The molecule has 0 radical (unpaired) electrons. The van der Waals surface area contributed by atoms with E-state index >= 15 is 0 Å². The van der Waals surface area contributed by atoms with Gasteiger partial charge in [-0.3, -0.25) is 9.48 Å². The molecule has 23 heavy (non-hydrogen) atoms. The van der Waals surface area contributed by atoms with E-state index in [1.54, 1.807) is 30.1 Å². The molecule has 4 nitrogen and oxygen atoms in total. The van der Waals surface area contributed by atoms with Gasteiger partial charge in [0.05, 0.1) is 11.3 Å². The summed E-state index contributed by atoms with van der Waals surface area (Å²) in [7, 11) is 1.80. The van der Waals surface area contributed by atoms with Crippen molar-refractivity contribution in [2.24, 2.45) is 7.05 Å². The Morgan fingerprint density at radius 1 is 1.30 bits per heavy atom. The van der Waals surface area contributed by atoms with Gasteiger partial charge in [-0.05, 0) is 31.9 Å². The standard InChI is InChI=1S/C16H16Cl3N3O/c1-9-12(7-21(2)20-9)16(23)22(11-3-4-11)8-13-14(18)5-10(17)6-15(13)19/h5-7,11H,3-4,8H2,1-2H3. The van der Waals surface area contributed by atoms with Gasteiger partial charge < -0.3 is 4.90 Å². The molecule has 1 aliphatic rings. The molecule has 0 bridgehead atoms. The summed E-state index contributed by atoms with van der Waals surface area (Å²) in [5, 5.41) is 5.68. The van der Waals surface area contributed by atoms with Crippen molar-refractivity contribution in [2.75, 3.05) is 0 Å². The highest BCUT2D eigenvalue weighted by Gasteiger charge is 2.35. The summed E-state index contributed by atoms with van der Waals surface area (Å²) in [6.07, 6.45) is 3.74. The fraction of sp³-hybridized carbons (Fsp3) is 0.375. The quantitative estimate of drug-likeness (QED) is 0.793. The summed E-state index contributed by atoms with van der Waals surface area (Å²) in [4.78, 5) is 14.7. The number of aryl methyl sites for hydroxylation is 2. The second-order valence-electron chi connectivity index (χ2n) is 5.81. The van der Waals surface area contributed by atoms with E-state index < -0.39 is 0 Å². The van der Waals surface area contributed by atoms with Crippen LogP contribution in [0.25, 0.3) is 0 Å². The van der Waals surface area contributed by atoms with Crippen molar-refractivity contribution < 1.29 is 4.79 Å². The molecule has 0 atom stereocenters. The molecule has 1 fully saturated rings. The zero-order chi connectivity index (χ0) is 16.7. The molecule has 1 aromatic heterocycles. The van der Waals surface area contributed by atoms with E-state index in [9.17, 15) is 4.79 Å². The minimum atomic E-state index is -0.0415. The van der Waals surface area contributed by atoms with E-state index in [1.165, 1.54) is 0 Å². The lowest BCUT2D eigenvalue weighted by Crippen LogP contribution is -2.33. The average molecular weight is 373 g/mol. The van der Waals surface area contributed by atoms with Gasteiger partial charge in [0.1, 0.15) is 0 Å². The molecular weight excluding hydrogens is 357 g/mol. The number of hydrogen-bond donors (Lipinski definition) is 0. The molecule has 1 aromatic carbocycles. The van der Waals surface area contributed by atoms with Crippen LogP contribution in [0.3, 0.4) is 0 Å². The molecule has 0 unspecified atom stereocenters. The zero-order valence-corrected chi connectivity index (χ0v) is 15.1. The summed E-state index contributed by atoms with van der Waals surface area (Å²) < 4.78 is 1.65. The molecule has 0 aliphatic heterocycles. The molecule has 1 aliphatic carbocycles. The predicted molar refractivity (Wildman–Crippen MR) is 92.3 cm³/mol. The van der Waals surface area contributed by atoms with Crippen LogP contribution in [-0.2, 0) is 13.6 Å². The van der Waals surface area contributed by atoms with Crippen LogP contribution in [0.15, 0.2) is 18.3 Å². The van der Waals surface area contributed by atoms with Crippen molar-refractivity contribution in [1.29, 1.82) is 0 Å². The first-order valence-electron chi connectivity index (χ1n) is 7.31. The van der Waals surface area contributed by atoms with E-state index in [2.05, 4.69) is 5.10 Å². The van der Waals surface area contributed by atoms with Crippen LogP contribution < -0.4 is 0 Å². The van der Waals surface area contributed by atoms with Gasteiger partial charge in [-0.1, -0.05) is 34.8 Å². The van der Waals surface area contributed by atoms with Crippen LogP contribution in [0.5, 0.6) is 0 Å². The fourth-order valence-corrected chi connectivity index (χ4v) is 3.55. The normalized spacial score (nSPS) is 14.1. The summed E-state index contributed by atoms with van der Waals surface area (Å²) >= 11 is 18.5. The number of aromatic nitrogens is 2. The largest absolute Gasteiger partial charge is 0.331 e. The highest BCUT2D eigenvalue weighted by atomic mass is 35.5. The summed E-state index contributed by atoms with van der Waals surface area (Å²) in [6, 6.07) is 3.52. The highest BCUT2D eigenvalue weighted by molar-refractivity contribution is 6.39. The molecule has 3 rings (SSSR count). The van der Waals surface area contributed by atoms with Crippen molar-refractivity contribution in [1.82, 2.24) is 14.7 Å². The van der Waals surface area contributed by atoms with Crippen LogP contribution in [0.4, 0.5) is 0 Å².